The zero-order chi connectivity index (χ0) is 14.9. The van der Waals surface area contributed by atoms with Gasteiger partial charge >= 0.3 is 11.9 Å². The Morgan fingerprint density at radius 2 is 1.85 bits per heavy atom. The molecule has 0 saturated carbocycles. The summed E-state index contributed by atoms with van der Waals surface area (Å²) in [4.78, 5) is 11.5. The van der Waals surface area contributed by atoms with Gasteiger partial charge in [-0.2, -0.15) is 17.6 Å². The third-order valence-electron chi connectivity index (χ3n) is 3.45. The molecule has 1 aromatic rings. The summed E-state index contributed by atoms with van der Waals surface area (Å²) in [6.45, 7) is 0.0446. The molecule has 0 aromatic heterocycles. The number of nitro groups is 1. The van der Waals surface area contributed by atoms with Gasteiger partial charge in [0.1, 0.15) is 5.69 Å². The quantitative estimate of drug-likeness (QED) is 0.476. The summed E-state index contributed by atoms with van der Waals surface area (Å²) < 4.78 is 51.1. The average Bonchev–Trinajstić information content (AvgIpc) is 2.37. The van der Waals surface area contributed by atoms with E-state index in [0.717, 1.165) is 6.07 Å². The molecule has 0 amide bonds. The molecule has 0 N–H and O–H groups in total. The Bertz CT molecular complexity index is 511. The fourth-order valence-electron chi connectivity index (χ4n) is 2.39. The van der Waals surface area contributed by atoms with Gasteiger partial charge < -0.3 is 4.90 Å². The monoisotopic (exact) mass is 292 g/mol. The van der Waals surface area contributed by atoms with Gasteiger partial charge in [-0.3, -0.25) is 10.1 Å². The molecular weight excluding hydrogens is 280 g/mol. The first-order valence-electron chi connectivity index (χ1n) is 6.05. The average molecular weight is 292 g/mol. The number of alkyl halides is 3. The van der Waals surface area contributed by atoms with Crippen LogP contribution in [0.1, 0.15) is 12.8 Å². The van der Waals surface area contributed by atoms with Gasteiger partial charge in [-0.1, -0.05) is 6.07 Å². The van der Waals surface area contributed by atoms with Gasteiger partial charge in [-0.15, -0.1) is 0 Å². The summed E-state index contributed by atoms with van der Waals surface area (Å²) >= 11 is 0. The molecule has 1 saturated heterocycles. The van der Waals surface area contributed by atoms with E-state index < -0.39 is 28.5 Å². The van der Waals surface area contributed by atoms with Crippen molar-refractivity contribution in [3.63, 3.8) is 0 Å². The first-order valence-corrected chi connectivity index (χ1v) is 6.05. The van der Waals surface area contributed by atoms with E-state index in [-0.39, 0.29) is 31.6 Å². The molecule has 110 valence electrons. The first kappa shape index (κ1) is 14.5. The number of nitro benzene ring substituents is 1. The van der Waals surface area contributed by atoms with Crippen LogP contribution < -0.4 is 4.90 Å². The van der Waals surface area contributed by atoms with Crippen LogP contribution in [0.4, 0.5) is 28.9 Å². The molecule has 0 atom stereocenters. The van der Waals surface area contributed by atoms with E-state index in [4.69, 9.17) is 0 Å². The minimum absolute atomic E-state index is 0.0223. The van der Waals surface area contributed by atoms with Crippen molar-refractivity contribution in [1.29, 1.82) is 0 Å². The van der Waals surface area contributed by atoms with Crippen molar-refractivity contribution in [2.75, 3.05) is 18.0 Å². The molecule has 1 heterocycles. The van der Waals surface area contributed by atoms with Crippen LogP contribution >= 0.6 is 0 Å². The predicted molar refractivity (Wildman–Crippen MR) is 64.0 cm³/mol. The molecule has 0 bridgehead atoms. The number of halogens is 4. The number of nitrogens with zero attached hydrogens (tertiary/aromatic N) is 2. The number of piperidine rings is 1. The van der Waals surface area contributed by atoms with E-state index in [0.29, 0.717) is 0 Å². The third kappa shape index (κ3) is 2.83. The lowest BCUT2D eigenvalue weighted by molar-refractivity contribution is -0.386. The Morgan fingerprint density at radius 3 is 2.35 bits per heavy atom. The molecule has 0 spiro atoms. The molecular formula is C12H12F4N2O2. The maximum absolute atomic E-state index is 13.5. The highest BCUT2D eigenvalue weighted by Gasteiger charge is 2.41. The summed E-state index contributed by atoms with van der Waals surface area (Å²) in [7, 11) is 0. The van der Waals surface area contributed by atoms with E-state index in [1.54, 1.807) is 0 Å². The molecule has 0 aliphatic carbocycles. The predicted octanol–water partition coefficient (Wildman–Crippen LogP) is 3.51. The molecule has 1 aliphatic heterocycles. The van der Waals surface area contributed by atoms with Crippen molar-refractivity contribution in [3.05, 3.63) is 34.1 Å². The maximum atomic E-state index is 13.5. The number of para-hydroxylation sites is 1. The lowest BCUT2D eigenvalue weighted by Crippen LogP contribution is -2.39. The van der Waals surface area contributed by atoms with Crippen LogP contribution in [0, 0.1) is 21.8 Å². The van der Waals surface area contributed by atoms with E-state index in [9.17, 15) is 27.7 Å². The number of anilines is 1. The fourth-order valence-corrected chi connectivity index (χ4v) is 2.39. The van der Waals surface area contributed by atoms with Gasteiger partial charge in [0.25, 0.3) is 0 Å². The van der Waals surface area contributed by atoms with Crippen molar-refractivity contribution < 1.29 is 22.5 Å². The van der Waals surface area contributed by atoms with Crippen LogP contribution in [-0.2, 0) is 0 Å². The van der Waals surface area contributed by atoms with Crippen LogP contribution in [0.25, 0.3) is 0 Å². The van der Waals surface area contributed by atoms with Crippen LogP contribution in [0.5, 0.6) is 0 Å². The third-order valence-corrected chi connectivity index (χ3v) is 3.45. The van der Waals surface area contributed by atoms with Crippen LogP contribution in [0.15, 0.2) is 18.2 Å². The highest BCUT2D eigenvalue weighted by Crippen LogP contribution is 2.38. The fraction of sp³-hybridized carbons (Fsp3) is 0.500. The molecule has 20 heavy (non-hydrogen) atoms. The van der Waals surface area contributed by atoms with Gasteiger partial charge in [0.15, 0.2) is 0 Å². The van der Waals surface area contributed by atoms with E-state index in [2.05, 4.69) is 0 Å². The second kappa shape index (κ2) is 5.26. The van der Waals surface area contributed by atoms with Gasteiger partial charge in [0.2, 0.25) is 5.82 Å². The summed E-state index contributed by atoms with van der Waals surface area (Å²) in [5.41, 5.74) is -0.645. The number of hydrogen-bond acceptors (Lipinski definition) is 3. The molecule has 2 rings (SSSR count). The second-order valence-electron chi connectivity index (χ2n) is 4.67. The summed E-state index contributed by atoms with van der Waals surface area (Å²) in [5, 5.41) is 10.9. The van der Waals surface area contributed by atoms with Crippen molar-refractivity contribution in [3.8, 4) is 0 Å². The minimum atomic E-state index is -4.25. The van der Waals surface area contributed by atoms with E-state index >= 15 is 0 Å². The maximum Gasteiger partial charge on any atom is 0.391 e. The smallest absolute Gasteiger partial charge is 0.366 e. The molecule has 0 radical (unpaired) electrons. The van der Waals surface area contributed by atoms with Gasteiger partial charge in [0.05, 0.1) is 10.8 Å². The molecule has 0 unspecified atom stereocenters. The Morgan fingerprint density at radius 1 is 1.25 bits per heavy atom. The van der Waals surface area contributed by atoms with Gasteiger partial charge in [0, 0.05) is 13.1 Å². The minimum Gasteiger partial charge on any atom is -0.366 e. The lowest BCUT2D eigenvalue weighted by atomic mass is 9.96. The zero-order valence-electron chi connectivity index (χ0n) is 10.4. The molecule has 4 nitrogen and oxygen atoms in total. The van der Waals surface area contributed by atoms with Crippen LogP contribution in [0.2, 0.25) is 0 Å². The Kier molecular flexibility index (Phi) is 3.82. The van der Waals surface area contributed by atoms with Crippen molar-refractivity contribution in [2.24, 2.45) is 5.92 Å². The topological polar surface area (TPSA) is 46.4 Å². The molecule has 1 fully saturated rings. The summed E-state index contributed by atoms with van der Waals surface area (Å²) in [6, 6.07) is 3.63. The lowest BCUT2D eigenvalue weighted by Gasteiger charge is -2.34. The zero-order valence-corrected chi connectivity index (χ0v) is 10.4. The highest BCUT2D eigenvalue weighted by molar-refractivity contribution is 5.64. The van der Waals surface area contributed by atoms with Crippen LogP contribution in [-0.4, -0.2) is 24.2 Å². The largest absolute Gasteiger partial charge is 0.391 e. The van der Waals surface area contributed by atoms with Gasteiger partial charge in [-0.05, 0) is 25.0 Å². The number of hydrogen-bond donors (Lipinski definition) is 0. The Hall–Kier alpha value is -1.86. The van der Waals surface area contributed by atoms with Gasteiger partial charge in [-0.25, -0.2) is 0 Å². The standard InChI is InChI=1S/C12H12F4N2O2/c13-9-2-1-3-10(11(9)18(19)20)17-6-4-8(5-7-17)12(14,15)16/h1-3,8H,4-7H2. The molecule has 8 heteroatoms. The number of rotatable bonds is 2. The number of benzene rings is 1. The normalized spacial score (nSPS) is 17.3. The van der Waals surface area contributed by atoms with Crippen LogP contribution in [0.3, 0.4) is 0 Å². The Balaban J connectivity index is 2.19. The van der Waals surface area contributed by atoms with E-state index in [1.165, 1.54) is 17.0 Å². The second-order valence-corrected chi connectivity index (χ2v) is 4.67. The molecule has 1 aromatic carbocycles. The molecule has 1 aliphatic rings. The van der Waals surface area contributed by atoms with Crippen molar-refractivity contribution in [1.82, 2.24) is 0 Å². The SMILES string of the molecule is O=[N+]([O-])c1c(F)cccc1N1CCC(C(F)(F)F)CC1. The summed E-state index contributed by atoms with van der Waals surface area (Å²) in [6.07, 6.45) is -4.53. The summed E-state index contributed by atoms with van der Waals surface area (Å²) in [5.74, 6) is -2.38. The highest BCUT2D eigenvalue weighted by atomic mass is 19.4. The van der Waals surface area contributed by atoms with E-state index in [1.807, 2.05) is 0 Å². The van der Waals surface area contributed by atoms with Crippen molar-refractivity contribution in [2.45, 2.75) is 19.0 Å². The first-order chi connectivity index (χ1) is 9.30. The Labute approximate surface area is 112 Å². The van der Waals surface area contributed by atoms with Crippen molar-refractivity contribution >= 4 is 11.4 Å².